The maximum Gasteiger partial charge on any atom is 0.417 e. The van der Waals surface area contributed by atoms with E-state index >= 15 is 0 Å². The molecule has 1 aliphatic carbocycles. The van der Waals surface area contributed by atoms with Crippen LogP contribution in [0.4, 0.5) is 13.2 Å². The van der Waals surface area contributed by atoms with Crippen LogP contribution in [0, 0.1) is 11.3 Å². The van der Waals surface area contributed by atoms with Crippen molar-refractivity contribution in [1.82, 2.24) is 25.1 Å². The highest BCUT2D eigenvalue weighted by Gasteiger charge is 2.36. The van der Waals surface area contributed by atoms with E-state index in [1.807, 2.05) is 6.07 Å². The van der Waals surface area contributed by atoms with Gasteiger partial charge in [-0.05, 0) is 25.0 Å². The highest BCUT2D eigenvalue weighted by Crippen LogP contribution is 2.39. The van der Waals surface area contributed by atoms with Gasteiger partial charge in [-0.2, -0.15) is 23.5 Å². The summed E-state index contributed by atoms with van der Waals surface area (Å²) in [5.74, 6) is -0.247. The minimum Gasteiger partial charge on any atom is -0.376 e. The van der Waals surface area contributed by atoms with Crippen LogP contribution >= 0.6 is 0 Å². The standard InChI is InChI=1S/C25H23F3N6O3/c26-25(27,28)21-7-16(24(35)32-10-18-9-31-22(11-30-18)15-1-2-15)3-4-20(21)23-17(8-29)12-34(33-23)13-19-14-36-5-6-37-19/h3-4,7,9,11-12,15,19H,1-2,5-6,10,13-14H2,(H,32,35)/t19-/m0/s1. The van der Waals surface area contributed by atoms with Crippen molar-refractivity contribution in [3.63, 3.8) is 0 Å². The topological polar surface area (TPSA) is 115 Å². The van der Waals surface area contributed by atoms with E-state index in [0.29, 0.717) is 31.4 Å². The number of nitrogens with zero attached hydrogens (tertiary/aromatic N) is 5. The molecule has 37 heavy (non-hydrogen) atoms. The Kier molecular flexibility index (Phi) is 6.90. The predicted octanol–water partition coefficient (Wildman–Crippen LogP) is 3.45. The lowest BCUT2D eigenvalue weighted by atomic mass is 9.98. The first-order valence-corrected chi connectivity index (χ1v) is 11.8. The van der Waals surface area contributed by atoms with Gasteiger partial charge in [0.15, 0.2) is 0 Å². The van der Waals surface area contributed by atoms with Crippen molar-refractivity contribution < 1.29 is 27.4 Å². The zero-order valence-corrected chi connectivity index (χ0v) is 19.7. The Morgan fingerprint density at radius 2 is 2.05 bits per heavy atom. The summed E-state index contributed by atoms with van der Waals surface area (Å²) in [6.07, 6.45) is 1.66. The molecule has 1 aliphatic heterocycles. The summed E-state index contributed by atoms with van der Waals surface area (Å²) in [6, 6.07) is 5.11. The second kappa shape index (κ2) is 10.3. The molecule has 3 heterocycles. The second-order valence-electron chi connectivity index (χ2n) is 8.94. The van der Waals surface area contributed by atoms with Crippen LogP contribution < -0.4 is 5.32 Å². The van der Waals surface area contributed by atoms with Crippen LogP contribution in [0.25, 0.3) is 11.3 Å². The van der Waals surface area contributed by atoms with Gasteiger partial charge in [-0.1, -0.05) is 6.07 Å². The lowest BCUT2D eigenvalue weighted by Crippen LogP contribution is -2.32. The average Bonchev–Trinajstić information content (AvgIpc) is 3.67. The normalized spacial score (nSPS) is 17.8. The van der Waals surface area contributed by atoms with Gasteiger partial charge in [-0.15, -0.1) is 0 Å². The maximum absolute atomic E-state index is 14.0. The van der Waals surface area contributed by atoms with E-state index in [4.69, 9.17) is 9.47 Å². The number of nitriles is 1. The predicted molar refractivity (Wildman–Crippen MR) is 123 cm³/mol. The zero-order chi connectivity index (χ0) is 26.0. The first kappa shape index (κ1) is 24.9. The van der Waals surface area contributed by atoms with Gasteiger partial charge < -0.3 is 14.8 Å². The summed E-state index contributed by atoms with van der Waals surface area (Å²) < 4.78 is 54.4. The number of rotatable bonds is 7. The highest BCUT2D eigenvalue weighted by atomic mass is 19.4. The summed E-state index contributed by atoms with van der Waals surface area (Å²) in [5.41, 5.74) is -0.267. The molecule has 1 aromatic carbocycles. The molecule has 2 aliphatic rings. The van der Waals surface area contributed by atoms with Crippen molar-refractivity contribution in [1.29, 1.82) is 5.26 Å². The second-order valence-corrected chi connectivity index (χ2v) is 8.94. The monoisotopic (exact) mass is 512 g/mol. The lowest BCUT2D eigenvalue weighted by molar-refractivity contribution is -0.137. The molecule has 192 valence electrons. The Bertz CT molecular complexity index is 1320. The van der Waals surface area contributed by atoms with Crippen LogP contribution in [0.2, 0.25) is 0 Å². The Morgan fingerprint density at radius 1 is 1.22 bits per heavy atom. The number of amides is 1. The van der Waals surface area contributed by atoms with Gasteiger partial charge in [0.25, 0.3) is 5.91 Å². The van der Waals surface area contributed by atoms with E-state index in [1.54, 1.807) is 12.4 Å². The van der Waals surface area contributed by atoms with Crippen LogP contribution in [0.3, 0.4) is 0 Å². The highest BCUT2D eigenvalue weighted by molar-refractivity contribution is 5.95. The van der Waals surface area contributed by atoms with Crippen molar-refractivity contribution in [2.75, 3.05) is 19.8 Å². The van der Waals surface area contributed by atoms with Crippen molar-refractivity contribution in [3.8, 4) is 17.3 Å². The Hall–Kier alpha value is -3.82. The molecule has 0 radical (unpaired) electrons. The Labute approximate surface area is 210 Å². The molecular weight excluding hydrogens is 489 g/mol. The van der Waals surface area contributed by atoms with E-state index in [1.165, 1.54) is 16.9 Å². The van der Waals surface area contributed by atoms with Crippen LogP contribution in [0.5, 0.6) is 0 Å². The van der Waals surface area contributed by atoms with E-state index in [-0.39, 0.29) is 41.6 Å². The summed E-state index contributed by atoms with van der Waals surface area (Å²) in [6.45, 7) is 1.45. The number of carbonyl (C=O) groups is 1. The average molecular weight is 512 g/mol. The third-order valence-electron chi connectivity index (χ3n) is 6.15. The number of halogens is 3. The molecule has 5 rings (SSSR count). The van der Waals surface area contributed by atoms with Crippen LogP contribution in [-0.4, -0.2) is 51.6 Å². The summed E-state index contributed by atoms with van der Waals surface area (Å²) in [7, 11) is 0. The van der Waals surface area contributed by atoms with Gasteiger partial charge in [0, 0.05) is 29.4 Å². The van der Waals surface area contributed by atoms with Gasteiger partial charge in [0.1, 0.15) is 17.9 Å². The summed E-state index contributed by atoms with van der Waals surface area (Å²) in [5, 5.41) is 16.4. The maximum atomic E-state index is 14.0. The van der Waals surface area contributed by atoms with Crippen molar-refractivity contribution in [2.24, 2.45) is 0 Å². The molecule has 0 bridgehead atoms. The fourth-order valence-corrected chi connectivity index (χ4v) is 4.09. The van der Waals surface area contributed by atoms with Crippen molar-refractivity contribution >= 4 is 5.91 Å². The quantitative estimate of drug-likeness (QED) is 0.516. The number of hydrogen-bond donors (Lipinski definition) is 1. The number of hydrogen-bond acceptors (Lipinski definition) is 7. The Morgan fingerprint density at radius 3 is 2.70 bits per heavy atom. The van der Waals surface area contributed by atoms with Crippen molar-refractivity contribution in [2.45, 2.75) is 44.1 Å². The van der Waals surface area contributed by atoms with Gasteiger partial charge in [0.05, 0.1) is 61.6 Å². The summed E-state index contributed by atoms with van der Waals surface area (Å²) >= 11 is 0. The number of ether oxygens (including phenoxy) is 2. The van der Waals surface area contributed by atoms with E-state index in [2.05, 4.69) is 20.4 Å². The molecule has 1 N–H and O–H groups in total. The molecule has 2 fully saturated rings. The number of aromatic nitrogens is 4. The molecule has 1 atom stereocenters. The first-order chi connectivity index (χ1) is 17.8. The molecule has 12 heteroatoms. The molecule has 0 unspecified atom stereocenters. The minimum atomic E-state index is -4.79. The lowest BCUT2D eigenvalue weighted by Gasteiger charge is -2.22. The third kappa shape index (κ3) is 5.79. The van der Waals surface area contributed by atoms with Gasteiger partial charge >= 0.3 is 6.18 Å². The largest absolute Gasteiger partial charge is 0.417 e. The third-order valence-corrected chi connectivity index (χ3v) is 6.15. The van der Waals surface area contributed by atoms with Crippen LogP contribution in [0.15, 0.2) is 36.8 Å². The van der Waals surface area contributed by atoms with E-state index < -0.39 is 17.6 Å². The molecule has 2 aromatic heterocycles. The smallest absolute Gasteiger partial charge is 0.376 e. The zero-order valence-electron chi connectivity index (χ0n) is 19.7. The van der Waals surface area contributed by atoms with Crippen LogP contribution in [-0.2, 0) is 28.7 Å². The fraction of sp³-hybridized carbons (Fsp3) is 0.400. The fourth-order valence-electron chi connectivity index (χ4n) is 4.09. The SMILES string of the molecule is N#Cc1cn(C[C@H]2COCCO2)nc1-c1ccc(C(=O)NCc2cnc(C3CC3)cn2)cc1C(F)(F)F. The van der Waals surface area contributed by atoms with E-state index in [9.17, 15) is 23.2 Å². The number of carbonyl (C=O) groups excluding carboxylic acids is 1. The van der Waals surface area contributed by atoms with Gasteiger partial charge in [0.2, 0.25) is 0 Å². The number of nitrogens with one attached hydrogen (secondary N) is 1. The number of alkyl halides is 3. The molecule has 0 spiro atoms. The molecule has 1 saturated carbocycles. The molecule has 1 saturated heterocycles. The minimum absolute atomic E-state index is 0.0207. The molecular formula is C25H23F3N6O3. The first-order valence-electron chi connectivity index (χ1n) is 11.8. The van der Waals surface area contributed by atoms with Gasteiger partial charge in [-0.3, -0.25) is 19.4 Å². The van der Waals surface area contributed by atoms with Crippen molar-refractivity contribution in [3.05, 3.63) is 64.9 Å². The number of benzene rings is 1. The summed E-state index contributed by atoms with van der Waals surface area (Å²) in [4.78, 5) is 21.2. The van der Waals surface area contributed by atoms with Gasteiger partial charge in [-0.25, -0.2) is 0 Å². The molecule has 3 aromatic rings. The molecule has 1 amide bonds. The van der Waals surface area contributed by atoms with Crippen LogP contribution in [0.1, 0.15) is 51.6 Å². The molecule has 9 nitrogen and oxygen atoms in total. The Balaban J connectivity index is 1.36. The van der Waals surface area contributed by atoms with E-state index in [0.717, 1.165) is 30.7 Å².